The summed E-state index contributed by atoms with van der Waals surface area (Å²) < 4.78 is 0. The summed E-state index contributed by atoms with van der Waals surface area (Å²) in [5.74, 6) is -2.80. The van der Waals surface area contributed by atoms with Crippen LogP contribution in [0.15, 0.2) is 54.6 Å². The van der Waals surface area contributed by atoms with Crippen LogP contribution in [0.2, 0.25) is 5.02 Å². The second-order valence-electron chi connectivity index (χ2n) is 6.76. The molecule has 0 saturated heterocycles. The molecule has 0 saturated carbocycles. The van der Waals surface area contributed by atoms with E-state index in [1.807, 2.05) is 30.3 Å². The molecular weight excluding hydrogens is 552 g/mol. The molecule has 2 atom stereocenters. The molecule has 36 heavy (non-hydrogen) atoms. The quantitative estimate of drug-likeness (QED) is 0.335. The maximum Gasteiger partial charge on any atom is 0.373 e. The maximum absolute atomic E-state index is 10.7. The summed E-state index contributed by atoms with van der Waals surface area (Å²) in [7, 11) is 0. The average molecular weight is 585 g/mol. The largest absolute Gasteiger partial charge is 0.481 e. The minimum Gasteiger partial charge on any atom is -0.481 e. The Balaban J connectivity index is -0.000000133. The summed E-state index contributed by atoms with van der Waals surface area (Å²) in [6, 6.07) is 15.5. The molecule has 0 aromatic heterocycles. The molecule has 0 amide bonds. The van der Waals surface area contributed by atoms with E-state index in [9.17, 15) is 9.59 Å². The van der Waals surface area contributed by atoms with Gasteiger partial charge in [-0.2, -0.15) is 50.1 Å². The molecule has 0 aliphatic carbocycles. The topological polar surface area (TPSA) is 198 Å². The van der Waals surface area contributed by atoms with Crippen LogP contribution in [0.4, 0.5) is 0 Å². The number of rotatable bonds is 6. The lowest BCUT2D eigenvalue weighted by molar-refractivity contribution is -0.191. The number of hydrogen-bond acceptors (Lipinski definition) is 7. The van der Waals surface area contributed by atoms with Gasteiger partial charge in [0.2, 0.25) is 0 Å². The molecule has 0 aliphatic heterocycles. The van der Waals surface area contributed by atoms with Crippen molar-refractivity contribution >= 4 is 76.1 Å². The molecule has 0 heterocycles. The molecule has 0 unspecified atom stereocenters. The maximum atomic E-state index is 10.7. The van der Waals surface area contributed by atoms with Crippen LogP contribution in [-0.4, -0.2) is 51.0 Å². The van der Waals surface area contributed by atoms with E-state index in [1.165, 1.54) is 6.92 Å². The van der Waals surface area contributed by atoms with Crippen molar-refractivity contribution in [2.24, 2.45) is 11.5 Å². The highest BCUT2D eigenvalue weighted by Crippen LogP contribution is 2.11. The van der Waals surface area contributed by atoms with Crippen LogP contribution in [0.25, 0.3) is 0 Å². The number of hydrogen-bond donors (Lipinski definition) is 5. The number of benzene rings is 2. The van der Waals surface area contributed by atoms with Gasteiger partial charge in [0.05, 0.1) is 0 Å². The van der Waals surface area contributed by atoms with Crippen LogP contribution < -0.4 is 11.5 Å². The number of carboxylic acids is 3. The standard InChI is InChI=1S/C10H13NO2.C9H10ClNO2.C2H4O2.CO2.3H2S/c1-10(11,9(12)13)7-8-5-3-2-4-6-8;10-7-3-1-6(2-4-7)5-8(11)9(12)13;1-2(3)4;2-1-3;;;/h2-6H,7,11H2,1H3,(H,12,13);1-4,8H,5,11H2,(H,12,13);1H3,(H,3,4);;3*1H2/t10-;8-;;;;;/m00...../s1. The van der Waals surface area contributed by atoms with Crippen molar-refractivity contribution in [1.29, 1.82) is 0 Å². The first-order valence-corrected chi connectivity index (χ1v) is 9.62. The molecule has 0 fully saturated rings. The summed E-state index contributed by atoms with van der Waals surface area (Å²) in [6.07, 6.45) is 0.926. The lowest BCUT2D eigenvalue weighted by Crippen LogP contribution is -2.46. The average Bonchev–Trinajstić information content (AvgIpc) is 2.70. The van der Waals surface area contributed by atoms with Crippen LogP contribution in [0.3, 0.4) is 0 Å². The third kappa shape index (κ3) is 24.6. The second kappa shape index (κ2) is 24.2. The minimum atomic E-state index is -1.18. The number of aliphatic carboxylic acids is 3. The Morgan fingerprint density at radius 1 is 0.917 bits per heavy atom. The predicted molar refractivity (Wildman–Crippen MR) is 151 cm³/mol. The minimum absolute atomic E-state index is 0. The Morgan fingerprint density at radius 3 is 1.64 bits per heavy atom. The van der Waals surface area contributed by atoms with Gasteiger partial charge in [0.15, 0.2) is 0 Å². The van der Waals surface area contributed by atoms with Crippen molar-refractivity contribution in [3.63, 3.8) is 0 Å². The molecule has 204 valence electrons. The van der Waals surface area contributed by atoms with Crippen molar-refractivity contribution < 1.29 is 39.3 Å². The SMILES string of the molecule is CC(=O)O.C[C@](N)(Cc1ccccc1)C(=O)O.N[C@@H](Cc1ccc(Cl)cc1)C(=O)O.O=C=O.S.S.S. The molecule has 14 heteroatoms. The van der Waals surface area contributed by atoms with E-state index in [0.717, 1.165) is 18.1 Å². The predicted octanol–water partition coefficient (Wildman–Crippen LogP) is 2.17. The van der Waals surface area contributed by atoms with Gasteiger partial charge >= 0.3 is 18.1 Å². The van der Waals surface area contributed by atoms with Crippen LogP contribution in [0.1, 0.15) is 25.0 Å². The normalized spacial score (nSPS) is 10.8. The van der Waals surface area contributed by atoms with Gasteiger partial charge < -0.3 is 26.8 Å². The molecule has 0 bridgehead atoms. The van der Waals surface area contributed by atoms with Gasteiger partial charge in [-0.15, -0.1) is 0 Å². The molecule has 10 nitrogen and oxygen atoms in total. The highest BCUT2D eigenvalue weighted by Gasteiger charge is 2.27. The zero-order valence-corrected chi connectivity index (χ0v) is 23.4. The monoisotopic (exact) mass is 584 g/mol. The van der Waals surface area contributed by atoms with E-state index in [4.69, 9.17) is 52.8 Å². The first-order chi connectivity index (χ1) is 15.3. The molecular formula is C22H33ClN2O8S3. The fourth-order valence-corrected chi connectivity index (χ4v) is 2.18. The summed E-state index contributed by atoms with van der Waals surface area (Å²) in [6.45, 7) is 2.60. The first kappa shape index (κ1) is 43.6. The Bertz CT molecular complexity index is 907. The smallest absolute Gasteiger partial charge is 0.373 e. The Hall–Kier alpha value is -2.51. The van der Waals surface area contributed by atoms with Crippen molar-refractivity contribution in [2.75, 3.05) is 0 Å². The molecule has 0 radical (unpaired) electrons. The lowest BCUT2D eigenvalue weighted by Gasteiger charge is -2.18. The van der Waals surface area contributed by atoms with Gasteiger partial charge in [0.25, 0.3) is 5.97 Å². The Kier molecular flexibility index (Phi) is 29.3. The molecule has 0 aliphatic rings. The number of carbonyl (C=O) groups excluding carboxylic acids is 2. The first-order valence-electron chi connectivity index (χ1n) is 9.24. The van der Waals surface area contributed by atoms with E-state index < -0.39 is 29.5 Å². The number of halogens is 1. The molecule has 2 rings (SSSR count). The van der Waals surface area contributed by atoms with Gasteiger partial charge in [0, 0.05) is 18.4 Å². The van der Waals surface area contributed by atoms with Crippen LogP contribution >= 0.6 is 52.1 Å². The van der Waals surface area contributed by atoms with E-state index in [1.54, 1.807) is 24.3 Å². The van der Waals surface area contributed by atoms with Crippen LogP contribution in [0.5, 0.6) is 0 Å². The summed E-state index contributed by atoms with van der Waals surface area (Å²) in [5, 5.41) is 25.4. The van der Waals surface area contributed by atoms with E-state index in [0.29, 0.717) is 17.9 Å². The molecule has 2 aromatic rings. The van der Waals surface area contributed by atoms with Crippen molar-refractivity contribution in [1.82, 2.24) is 0 Å². The summed E-state index contributed by atoms with van der Waals surface area (Å²) in [4.78, 5) is 46.4. The van der Waals surface area contributed by atoms with E-state index >= 15 is 0 Å². The summed E-state index contributed by atoms with van der Waals surface area (Å²) in [5.41, 5.74) is 11.6. The van der Waals surface area contributed by atoms with Crippen molar-refractivity contribution in [2.45, 2.75) is 38.3 Å². The lowest BCUT2D eigenvalue weighted by atomic mass is 9.94. The van der Waals surface area contributed by atoms with Crippen LogP contribution in [0, 0.1) is 0 Å². The van der Waals surface area contributed by atoms with E-state index in [2.05, 4.69) is 0 Å². The van der Waals surface area contributed by atoms with Crippen molar-refractivity contribution in [3.05, 3.63) is 70.7 Å². The Labute approximate surface area is 235 Å². The van der Waals surface area contributed by atoms with Gasteiger partial charge in [-0.25, -0.2) is 0 Å². The molecule has 2 aromatic carbocycles. The van der Waals surface area contributed by atoms with Gasteiger partial charge in [-0.3, -0.25) is 14.4 Å². The fourth-order valence-electron chi connectivity index (χ4n) is 2.06. The fraction of sp³-hybridized carbons (Fsp3) is 0.273. The highest BCUT2D eigenvalue weighted by molar-refractivity contribution is 7.59. The van der Waals surface area contributed by atoms with E-state index in [-0.39, 0.29) is 46.6 Å². The highest BCUT2D eigenvalue weighted by atomic mass is 35.5. The van der Waals surface area contributed by atoms with Gasteiger partial charge in [-0.05, 0) is 36.6 Å². The third-order valence-corrected chi connectivity index (χ3v) is 3.84. The van der Waals surface area contributed by atoms with Gasteiger partial charge in [0.1, 0.15) is 11.6 Å². The summed E-state index contributed by atoms with van der Waals surface area (Å²) >= 11 is 5.66. The zero-order valence-electron chi connectivity index (χ0n) is 19.6. The number of carboxylic acid groups (broad SMARTS) is 3. The molecule has 0 spiro atoms. The zero-order chi connectivity index (χ0) is 26.0. The van der Waals surface area contributed by atoms with Crippen LogP contribution in [-0.2, 0) is 36.8 Å². The Morgan fingerprint density at radius 2 is 1.31 bits per heavy atom. The number of carbonyl (C=O) groups is 3. The van der Waals surface area contributed by atoms with Gasteiger partial charge in [-0.1, -0.05) is 54.1 Å². The second-order valence-corrected chi connectivity index (χ2v) is 7.20. The third-order valence-electron chi connectivity index (χ3n) is 3.59. The number of nitrogens with two attached hydrogens (primary N) is 2. The van der Waals surface area contributed by atoms with Crippen molar-refractivity contribution in [3.8, 4) is 0 Å². The molecule has 7 N–H and O–H groups in total.